The van der Waals surface area contributed by atoms with Crippen LogP contribution in [0.15, 0.2) is 46.3 Å². The van der Waals surface area contributed by atoms with Crippen molar-refractivity contribution in [2.24, 2.45) is 0 Å². The Morgan fingerprint density at radius 3 is 2.65 bits per heavy atom. The summed E-state index contributed by atoms with van der Waals surface area (Å²) in [6, 6.07) is 11.8. The van der Waals surface area contributed by atoms with Gasteiger partial charge in [0.05, 0.1) is 25.6 Å². The molecule has 3 aromatic rings. The summed E-state index contributed by atoms with van der Waals surface area (Å²) >= 11 is 1.64. The third-order valence-electron chi connectivity index (χ3n) is 3.53. The Morgan fingerprint density at radius 1 is 1.13 bits per heavy atom. The van der Waals surface area contributed by atoms with Crippen LogP contribution in [-0.2, 0) is 6.54 Å². The number of anilines is 1. The molecule has 6 heteroatoms. The average Bonchev–Trinajstić information content (AvgIpc) is 3.25. The zero-order valence-corrected chi connectivity index (χ0v) is 14.1. The molecule has 0 atom stereocenters. The molecular weight excluding hydrogens is 312 g/mol. The number of methoxy groups -OCH3 is 2. The van der Waals surface area contributed by atoms with Crippen LogP contribution < -0.4 is 14.4 Å². The van der Waals surface area contributed by atoms with E-state index in [0.29, 0.717) is 18.0 Å². The molecule has 0 unspecified atom stereocenters. The van der Waals surface area contributed by atoms with Gasteiger partial charge in [-0.3, -0.25) is 0 Å². The van der Waals surface area contributed by atoms with Crippen molar-refractivity contribution in [2.45, 2.75) is 6.54 Å². The molecule has 2 aromatic heterocycles. The highest BCUT2D eigenvalue weighted by atomic mass is 32.1. The van der Waals surface area contributed by atoms with E-state index in [9.17, 15) is 0 Å². The van der Waals surface area contributed by atoms with Gasteiger partial charge in [-0.05, 0) is 23.6 Å². The lowest BCUT2D eigenvalue weighted by Gasteiger charge is -2.19. The van der Waals surface area contributed by atoms with Crippen LogP contribution in [0.4, 0.5) is 5.69 Å². The number of ether oxygens (including phenoxy) is 2. The van der Waals surface area contributed by atoms with Crippen molar-refractivity contribution >= 4 is 17.0 Å². The molecule has 23 heavy (non-hydrogen) atoms. The molecule has 0 fully saturated rings. The molecule has 2 heterocycles. The Labute approximate surface area is 139 Å². The minimum atomic E-state index is 0.643. The molecule has 120 valence electrons. The van der Waals surface area contributed by atoms with Gasteiger partial charge in [-0.2, -0.15) is 0 Å². The summed E-state index contributed by atoms with van der Waals surface area (Å²) in [5.41, 5.74) is 1.90. The van der Waals surface area contributed by atoms with Gasteiger partial charge in [-0.15, -0.1) is 11.3 Å². The molecule has 0 amide bonds. The van der Waals surface area contributed by atoms with E-state index in [1.165, 1.54) is 0 Å². The van der Waals surface area contributed by atoms with Crippen molar-refractivity contribution in [3.8, 4) is 22.1 Å². The van der Waals surface area contributed by atoms with E-state index in [2.05, 4.69) is 10.1 Å². The predicted octanol–water partition coefficient (Wildman–Crippen LogP) is 4.06. The quantitative estimate of drug-likeness (QED) is 0.682. The molecule has 1 aromatic carbocycles. The van der Waals surface area contributed by atoms with Crippen molar-refractivity contribution in [1.82, 2.24) is 5.16 Å². The van der Waals surface area contributed by atoms with E-state index in [0.717, 1.165) is 22.0 Å². The van der Waals surface area contributed by atoms with Crippen LogP contribution in [0.1, 0.15) is 5.69 Å². The number of thiophene rings is 1. The smallest absolute Gasteiger partial charge is 0.177 e. The lowest BCUT2D eigenvalue weighted by molar-refractivity contribution is 0.355. The summed E-state index contributed by atoms with van der Waals surface area (Å²) in [5, 5.41) is 6.17. The molecule has 0 saturated heterocycles. The van der Waals surface area contributed by atoms with Gasteiger partial charge < -0.3 is 18.9 Å². The summed E-state index contributed by atoms with van der Waals surface area (Å²) in [4.78, 5) is 3.16. The molecule has 5 nitrogen and oxygen atoms in total. The maximum absolute atomic E-state index is 5.42. The first-order valence-electron chi connectivity index (χ1n) is 7.14. The van der Waals surface area contributed by atoms with Crippen molar-refractivity contribution in [3.05, 3.63) is 47.5 Å². The maximum atomic E-state index is 5.42. The van der Waals surface area contributed by atoms with Crippen LogP contribution in [0.25, 0.3) is 10.6 Å². The summed E-state index contributed by atoms with van der Waals surface area (Å²) < 4.78 is 16.0. The third-order valence-corrected chi connectivity index (χ3v) is 4.41. The second-order valence-electron chi connectivity index (χ2n) is 5.06. The van der Waals surface area contributed by atoms with Crippen LogP contribution in [0.3, 0.4) is 0 Å². The van der Waals surface area contributed by atoms with Crippen LogP contribution in [0, 0.1) is 0 Å². The van der Waals surface area contributed by atoms with Crippen molar-refractivity contribution < 1.29 is 14.0 Å². The SMILES string of the molecule is COc1ccc(N(C)Cc2cc(-c3cccs3)on2)cc1OC. The highest BCUT2D eigenvalue weighted by molar-refractivity contribution is 7.13. The minimum Gasteiger partial charge on any atom is -0.493 e. The van der Waals surface area contributed by atoms with E-state index in [4.69, 9.17) is 14.0 Å². The van der Waals surface area contributed by atoms with E-state index in [1.54, 1.807) is 25.6 Å². The number of hydrogen-bond donors (Lipinski definition) is 0. The number of rotatable bonds is 6. The van der Waals surface area contributed by atoms with Crippen LogP contribution in [-0.4, -0.2) is 26.4 Å². The molecule has 0 N–H and O–H groups in total. The first kappa shape index (κ1) is 15.4. The monoisotopic (exact) mass is 330 g/mol. The fourth-order valence-corrected chi connectivity index (χ4v) is 2.99. The molecule has 0 saturated carbocycles. The largest absolute Gasteiger partial charge is 0.493 e. The van der Waals surface area contributed by atoms with Gasteiger partial charge in [0, 0.05) is 24.9 Å². The Kier molecular flexibility index (Phi) is 4.52. The molecule has 0 spiro atoms. The zero-order chi connectivity index (χ0) is 16.2. The zero-order valence-electron chi connectivity index (χ0n) is 13.3. The molecule has 3 rings (SSSR count). The third kappa shape index (κ3) is 3.32. The van der Waals surface area contributed by atoms with Gasteiger partial charge in [-0.1, -0.05) is 11.2 Å². The van der Waals surface area contributed by atoms with E-state index in [1.807, 2.05) is 48.8 Å². The Bertz CT molecular complexity index is 768. The Balaban J connectivity index is 1.75. The van der Waals surface area contributed by atoms with E-state index >= 15 is 0 Å². The number of nitrogens with zero attached hydrogens (tertiary/aromatic N) is 2. The van der Waals surface area contributed by atoms with Crippen molar-refractivity contribution in [2.75, 3.05) is 26.2 Å². The van der Waals surface area contributed by atoms with Gasteiger partial charge in [0.25, 0.3) is 0 Å². The second-order valence-corrected chi connectivity index (χ2v) is 6.00. The predicted molar refractivity (Wildman–Crippen MR) is 91.5 cm³/mol. The molecule has 0 aliphatic carbocycles. The second kappa shape index (κ2) is 6.75. The van der Waals surface area contributed by atoms with Gasteiger partial charge in [0.1, 0.15) is 5.69 Å². The van der Waals surface area contributed by atoms with Gasteiger partial charge in [-0.25, -0.2) is 0 Å². The van der Waals surface area contributed by atoms with Gasteiger partial charge >= 0.3 is 0 Å². The van der Waals surface area contributed by atoms with Gasteiger partial charge in [0.2, 0.25) is 0 Å². The van der Waals surface area contributed by atoms with Crippen LogP contribution in [0.2, 0.25) is 0 Å². The lowest BCUT2D eigenvalue weighted by atomic mass is 10.2. The molecule has 0 aliphatic rings. The average molecular weight is 330 g/mol. The molecule has 0 bridgehead atoms. The summed E-state index contributed by atoms with van der Waals surface area (Å²) in [6.07, 6.45) is 0. The van der Waals surface area contributed by atoms with Crippen molar-refractivity contribution in [3.63, 3.8) is 0 Å². The van der Waals surface area contributed by atoms with Crippen molar-refractivity contribution in [1.29, 1.82) is 0 Å². The fourth-order valence-electron chi connectivity index (χ4n) is 2.32. The molecule has 0 radical (unpaired) electrons. The van der Waals surface area contributed by atoms with Gasteiger partial charge in [0.15, 0.2) is 17.3 Å². The van der Waals surface area contributed by atoms with Crippen LogP contribution in [0.5, 0.6) is 11.5 Å². The number of benzene rings is 1. The Hall–Kier alpha value is -2.47. The van der Waals surface area contributed by atoms with E-state index < -0.39 is 0 Å². The molecule has 0 aliphatic heterocycles. The van der Waals surface area contributed by atoms with E-state index in [-0.39, 0.29) is 0 Å². The summed E-state index contributed by atoms with van der Waals surface area (Å²) in [5.74, 6) is 2.22. The minimum absolute atomic E-state index is 0.643. The number of aromatic nitrogens is 1. The first-order valence-corrected chi connectivity index (χ1v) is 8.02. The highest BCUT2D eigenvalue weighted by Crippen LogP contribution is 2.32. The fraction of sp³-hybridized carbons (Fsp3) is 0.235. The number of hydrogen-bond acceptors (Lipinski definition) is 6. The Morgan fingerprint density at radius 2 is 1.96 bits per heavy atom. The topological polar surface area (TPSA) is 47.7 Å². The maximum Gasteiger partial charge on any atom is 0.177 e. The first-order chi connectivity index (χ1) is 11.2. The lowest BCUT2D eigenvalue weighted by Crippen LogP contribution is -2.16. The summed E-state index contributed by atoms with van der Waals surface area (Å²) in [6.45, 7) is 0.643. The summed E-state index contributed by atoms with van der Waals surface area (Å²) in [7, 11) is 5.26. The molecular formula is C17H18N2O3S. The normalized spacial score (nSPS) is 10.6. The standard InChI is InChI=1S/C17H18N2O3S/c1-19(13-6-7-14(20-2)15(10-13)21-3)11-12-9-16(22-18-12)17-5-4-8-23-17/h4-10H,11H2,1-3H3. The highest BCUT2D eigenvalue weighted by Gasteiger charge is 2.12. The van der Waals surface area contributed by atoms with Crippen LogP contribution >= 0.6 is 11.3 Å².